The Morgan fingerprint density at radius 1 is 1.50 bits per heavy atom. The van der Waals surface area contributed by atoms with Crippen LogP contribution in [0, 0.1) is 24.1 Å². The lowest BCUT2D eigenvalue weighted by molar-refractivity contribution is 0.623. The van der Waals surface area contributed by atoms with Gasteiger partial charge < -0.3 is 5.32 Å². The van der Waals surface area contributed by atoms with E-state index in [1.54, 1.807) is 16.8 Å². The molecular weight excluding hydrogens is 231 g/mol. The minimum absolute atomic E-state index is 0.0669. The maximum absolute atomic E-state index is 13.1. The maximum atomic E-state index is 13.1. The zero-order valence-electron chi connectivity index (χ0n) is 10.2. The fourth-order valence-corrected chi connectivity index (χ4v) is 1.74. The molecule has 2 rings (SSSR count). The van der Waals surface area contributed by atoms with Crippen molar-refractivity contribution in [2.45, 2.75) is 13.5 Å². The first-order valence-corrected chi connectivity index (χ1v) is 5.53. The lowest BCUT2D eigenvalue weighted by Crippen LogP contribution is -2.00. The van der Waals surface area contributed by atoms with Gasteiger partial charge in [0, 0.05) is 19.8 Å². The van der Waals surface area contributed by atoms with Crippen molar-refractivity contribution in [1.82, 2.24) is 9.78 Å². The van der Waals surface area contributed by atoms with Gasteiger partial charge in [-0.3, -0.25) is 4.68 Å². The molecule has 0 bridgehead atoms. The van der Waals surface area contributed by atoms with E-state index in [1.165, 1.54) is 6.07 Å². The number of hydrogen-bond donors (Lipinski definition) is 1. The van der Waals surface area contributed by atoms with E-state index in [0.29, 0.717) is 6.54 Å². The number of aryl methyl sites for hydroxylation is 2. The molecule has 0 saturated heterocycles. The number of halogens is 1. The standard InChI is InChI=1S/C13H13FN4/c1-9-13(8-18(2)17-9)16-7-10-3-4-12(14)11(5-10)6-15/h3-5,8,16H,7H2,1-2H3. The molecule has 0 aliphatic rings. The van der Waals surface area contributed by atoms with Gasteiger partial charge in [-0.05, 0) is 24.6 Å². The van der Waals surface area contributed by atoms with Crippen molar-refractivity contribution in [3.8, 4) is 6.07 Å². The fourth-order valence-electron chi connectivity index (χ4n) is 1.74. The zero-order valence-corrected chi connectivity index (χ0v) is 10.2. The molecule has 1 aromatic heterocycles. The van der Waals surface area contributed by atoms with Crippen LogP contribution in [-0.4, -0.2) is 9.78 Å². The largest absolute Gasteiger partial charge is 0.378 e. The molecule has 5 heteroatoms. The van der Waals surface area contributed by atoms with Crippen molar-refractivity contribution in [2.24, 2.45) is 7.05 Å². The summed E-state index contributed by atoms with van der Waals surface area (Å²) in [6.45, 7) is 2.44. The average molecular weight is 244 g/mol. The fraction of sp³-hybridized carbons (Fsp3) is 0.231. The van der Waals surface area contributed by atoms with Crippen LogP contribution in [0.2, 0.25) is 0 Å². The van der Waals surface area contributed by atoms with E-state index in [2.05, 4.69) is 10.4 Å². The van der Waals surface area contributed by atoms with Gasteiger partial charge in [-0.2, -0.15) is 10.4 Å². The first-order chi connectivity index (χ1) is 8.60. The molecule has 0 fully saturated rings. The summed E-state index contributed by atoms with van der Waals surface area (Å²) in [4.78, 5) is 0. The minimum atomic E-state index is -0.487. The summed E-state index contributed by atoms with van der Waals surface area (Å²) in [5.41, 5.74) is 2.76. The second-order valence-corrected chi connectivity index (χ2v) is 4.08. The highest BCUT2D eigenvalue weighted by Crippen LogP contribution is 2.15. The van der Waals surface area contributed by atoms with Crippen molar-refractivity contribution in [2.75, 3.05) is 5.32 Å². The Bertz CT molecular complexity index is 610. The van der Waals surface area contributed by atoms with Gasteiger partial charge in [0.15, 0.2) is 0 Å². The second-order valence-electron chi connectivity index (χ2n) is 4.08. The van der Waals surface area contributed by atoms with Gasteiger partial charge >= 0.3 is 0 Å². The zero-order chi connectivity index (χ0) is 13.1. The van der Waals surface area contributed by atoms with Gasteiger partial charge in [-0.1, -0.05) is 6.07 Å². The summed E-state index contributed by atoms with van der Waals surface area (Å²) >= 11 is 0. The van der Waals surface area contributed by atoms with Crippen LogP contribution in [0.3, 0.4) is 0 Å². The summed E-state index contributed by atoms with van der Waals surface area (Å²) in [6, 6.07) is 6.35. The second kappa shape index (κ2) is 4.88. The smallest absolute Gasteiger partial charge is 0.140 e. The molecular formula is C13H13FN4. The van der Waals surface area contributed by atoms with E-state index in [-0.39, 0.29) is 5.56 Å². The third kappa shape index (κ3) is 2.48. The third-order valence-corrected chi connectivity index (χ3v) is 2.65. The molecule has 0 spiro atoms. The summed E-state index contributed by atoms with van der Waals surface area (Å²) in [5, 5.41) is 16.2. The number of nitriles is 1. The predicted octanol–water partition coefficient (Wildman–Crippen LogP) is 2.35. The monoisotopic (exact) mass is 244 g/mol. The Labute approximate surface area is 105 Å². The summed E-state index contributed by atoms with van der Waals surface area (Å²) < 4.78 is 14.9. The molecule has 0 amide bonds. The molecule has 1 aromatic carbocycles. The van der Waals surface area contributed by atoms with Gasteiger partial charge in [0.25, 0.3) is 0 Å². The Morgan fingerprint density at radius 2 is 2.28 bits per heavy atom. The van der Waals surface area contributed by atoms with Crippen molar-refractivity contribution >= 4 is 5.69 Å². The van der Waals surface area contributed by atoms with Crippen LogP contribution in [0.5, 0.6) is 0 Å². The Morgan fingerprint density at radius 3 is 2.89 bits per heavy atom. The number of anilines is 1. The van der Waals surface area contributed by atoms with Crippen molar-refractivity contribution in [1.29, 1.82) is 5.26 Å². The van der Waals surface area contributed by atoms with Gasteiger partial charge in [-0.15, -0.1) is 0 Å². The van der Waals surface area contributed by atoms with E-state index in [0.717, 1.165) is 16.9 Å². The normalized spacial score (nSPS) is 10.1. The molecule has 1 N–H and O–H groups in total. The maximum Gasteiger partial charge on any atom is 0.140 e. The Hall–Kier alpha value is -2.35. The Kier molecular flexibility index (Phi) is 3.28. The van der Waals surface area contributed by atoms with Crippen LogP contribution in [0.15, 0.2) is 24.4 Å². The summed E-state index contributed by atoms with van der Waals surface area (Å²) in [5.74, 6) is -0.487. The van der Waals surface area contributed by atoms with Gasteiger partial charge in [0.2, 0.25) is 0 Å². The SMILES string of the molecule is Cc1nn(C)cc1NCc1ccc(F)c(C#N)c1. The number of hydrogen-bond acceptors (Lipinski definition) is 3. The highest BCUT2D eigenvalue weighted by molar-refractivity contribution is 5.46. The highest BCUT2D eigenvalue weighted by Gasteiger charge is 2.05. The van der Waals surface area contributed by atoms with Crippen molar-refractivity contribution < 1.29 is 4.39 Å². The molecule has 1 heterocycles. The number of benzene rings is 1. The molecule has 18 heavy (non-hydrogen) atoms. The minimum Gasteiger partial charge on any atom is -0.378 e. The molecule has 0 saturated carbocycles. The number of nitrogens with zero attached hydrogens (tertiary/aromatic N) is 3. The van der Waals surface area contributed by atoms with Crippen LogP contribution in [0.4, 0.5) is 10.1 Å². The molecule has 0 radical (unpaired) electrons. The average Bonchev–Trinajstić information content (AvgIpc) is 2.67. The molecule has 0 unspecified atom stereocenters. The molecule has 0 atom stereocenters. The van der Waals surface area contributed by atoms with E-state index in [4.69, 9.17) is 5.26 Å². The third-order valence-electron chi connectivity index (χ3n) is 2.65. The lowest BCUT2D eigenvalue weighted by atomic mass is 10.1. The van der Waals surface area contributed by atoms with E-state index < -0.39 is 5.82 Å². The summed E-state index contributed by atoms with van der Waals surface area (Å²) in [6.07, 6.45) is 1.88. The molecule has 0 aliphatic carbocycles. The number of nitrogens with one attached hydrogen (secondary N) is 1. The summed E-state index contributed by atoms with van der Waals surface area (Å²) in [7, 11) is 1.85. The van der Waals surface area contributed by atoms with Gasteiger partial charge in [-0.25, -0.2) is 4.39 Å². The first kappa shape index (κ1) is 12.1. The van der Waals surface area contributed by atoms with E-state index in [1.807, 2.05) is 26.2 Å². The lowest BCUT2D eigenvalue weighted by Gasteiger charge is -2.05. The van der Waals surface area contributed by atoms with Crippen molar-refractivity contribution in [3.05, 3.63) is 47.0 Å². The van der Waals surface area contributed by atoms with E-state index in [9.17, 15) is 4.39 Å². The van der Waals surface area contributed by atoms with Crippen LogP contribution < -0.4 is 5.32 Å². The topological polar surface area (TPSA) is 53.6 Å². The molecule has 4 nitrogen and oxygen atoms in total. The van der Waals surface area contributed by atoms with Crippen LogP contribution in [0.1, 0.15) is 16.8 Å². The quantitative estimate of drug-likeness (QED) is 0.901. The van der Waals surface area contributed by atoms with Crippen LogP contribution in [-0.2, 0) is 13.6 Å². The van der Waals surface area contributed by atoms with Gasteiger partial charge in [0.05, 0.1) is 16.9 Å². The number of rotatable bonds is 3. The van der Waals surface area contributed by atoms with E-state index >= 15 is 0 Å². The van der Waals surface area contributed by atoms with Gasteiger partial charge in [0.1, 0.15) is 11.9 Å². The highest BCUT2D eigenvalue weighted by atomic mass is 19.1. The number of aromatic nitrogens is 2. The predicted molar refractivity (Wildman–Crippen MR) is 66.4 cm³/mol. The van der Waals surface area contributed by atoms with Crippen molar-refractivity contribution in [3.63, 3.8) is 0 Å². The van der Waals surface area contributed by atoms with Crippen LogP contribution >= 0.6 is 0 Å². The molecule has 2 aromatic rings. The van der Waals surface area contributed by atoms with Crippen LogP contribution in [0.25, 0.3) is 0 Å². The first-order valence-electron chi connectivity index (χ1n) is 5.53. The molecule has 92 valence electrons. The Balaban J connectivity index is 2.11. The molecule has 0 aliphatic heterocycles.